The third kappa shape index (κ3) is 2.72. The van der Waals surface area contributed by atoms with Gasteiger partial charge in [0.1, 0.15) is 11.5 Å². The van der Waals surface area contributed by atoms with Crippen LogP contribution >= 0.6 is 27.3 Å². The van der Waals surface area contributed by atoms with Crippen LogP contribution in [0.4, 0.5) is 0 Å². The lowest BCUT2D eigenvalue weighted by atomic mass is 10.1. The van der Waals surface area contributed by atoms with Gasteiger partial charge in [-0.3, -0.25) is 0 Å². The molecule has 0 bridgehead atoms. The highest BCUT2D eigenvalue weighted by Gasteiger charge is 2.04. The van der Waals surface area contributed by atoms with Gasteiger partial charge < -0.3 is 9.47 Å². The lowest BCUT2D eigenvalue weighted by molar-refractivity contribution is 0.415. The third-order valence-electron chi connectivity index (χ3n) is 2.68. The first-order valence-corrected chi connectivity index (χ1v) is 7.22. The van der Waals surface area contributed by atoms with Gasteiger partial charge in [0.05, 0.1) is 17.1 Å². The van der Waals surface area contributed by atoms with Gasteiger partial charge in [-0.1, -0.05) is 23.5 Å². The molecule has 96 valence electrons. The van der Waals surface area contributed by atoms with Crippen LogP contribution in [0.3, 0.4) is 0 Å². The molecule has 0 saturated heterocycles. The lowest BCUT2D eigenvalue weighted by Gasteiger charge is -2.05. The summed E-state index contributed by atoms with van der Waals surface area (Å²) in [6.07, 6.45) is 1.73. The fourth-order valence-electron chi connectivity index (χ4n) is 1.78. The van der Waals surface area contributed by atoms with Crippen LogP contribution in [-0.2, 0) is 0 Å². The number of aromatic nitrogens is 1. The molecule has 0 radical (unpaired) electrons. The number of nitrogens with zero attached hydrogens (tertiary/aromatic N) is 1. The van der Waals surface area contributed by atoms with Crippen LogP contribution in [0.2, 0.25) is 0 Å². The summed E-state index contributed by atoms with van der Waals surface area (Å²) in [5.41, 5.74) is 0. The number of benzene rings is 2. The molecule has 3 aromatic rings. The highest BCUT2D eigenvalue weighted by Crippen LogP contribution is 2.31. The summed E-state index contributed by atoms with van der Waals surface area (Å²) in [6, 6.07) is 11.9. The van der Waals surface area contributed by atoms with Crippen molar-refractivity contribution in [3.05, 3.63) is 46.4 Å². The van der Waals surface area contributed by atoms with Gasteiger partial charge in [-0.05, 0) is 51.0 Å². The number of hydrogen-bond acceptors (Lipinski definition) is 4. The monoisotopic (exact) mass is 335 g/mol. The van der Waals surface area contributed by atoms with Gasteiger partial charge in [0.15, 0.2) is 0 Å². The van der Waals surface area contributed by atoms with Crippen LogP contribution in [0.15, 0.2) is 46.4 Å². The largest absolute Gasteiger partial charge is 0.497 e. The molecule has 0 aliphatic rings. The fraction of sp³-hybridized carbons (Fsp3) is 0.0714. The van der Waals surface area contributed by atoms with Crippen molar-refractivity contribution in [2.75, 3.05) is 7.11 Å². The molecule has 3 nitrogen and oxygen atoms in total. The molecular formula is C14H10BrNO2S. The zero-order valence-electron chi connectivity index (χ0n) is 10.1. The lowest BCUT2D eigenvalue weighted by Crippen LogP contribution is -1.85. The number of fused-ring (bicyclic) bond motifs is 1. The minimum absolute atomic E-state index is 0.625. The number of ether oxygens (including phenoxy) is 2. The second-order valence-electron chi connectivity index (χ2n) is 3.91. The first kappa shape index (κ1) is 12.4. The van der Waals surface area contributed by atoms with Gasteiger partial charge in [0, 0.05) is 0 Å². The van der Waals surface area contributed by atoms with E-state index in [4.69, 9.17) is 9.47 Å². The molecule has 5 heteroatoms. The minimum Gasteiger partial charge on any atom is -0.497 e. The van der Waals surface area contributed by atoms with Crippen LogP contribution in [0.25, 0.3) is 10.8 Å². The van der Waals surface area contributed by atoms with Crippen molar-refractivity contribution in [2.24, 2.45) is 0 Å². The fourth-order valence-corrected chi connectivity index (χ4v) is 2.81. The van der Waals surface area contributed by atoms with Crippen molar-refractivity contribution >= 4 is 38.0 Å². The average Bonchev–Trinajstić information content (AvgIpc) is 2.83. The van der Waals surface area contributed by atoms with E-state index >= 15 is 0 Å². The van der Waals surface area contributed by atoms with E-state index in [0.29, 0.717) is 5.19 Å². The van der Waals surface area contributed by atoms with Gasteiger partial charge in [0.2, 0.25) is 0 Å². The Balaban J connectivity index is 1.93. The van der Waals surface area contributed by atoms with Crippen molar-refractivity contribution in [3.63, 3.8) is 0 Å². The summed E-state index contributed by atoms with van der Waals surface area (Å²) in [4.78, 5) is 4.15. The Morgan fingerprint density at radius 2 is 1.74 bits per heavy atom. The van der Waals surface area contributed by atoms with Crippen LogP contribution in [-0.4, -0.2) is 12.1 Å². The molecule has 0 unspecified atom stereocenters. The van der Waals surface area contributed by atoms with Crippen LogP contribution < -0.4 is 9.47 Å². The van der Waals surface area contributed by atoms with Crippen molar-refractivity contribution in [2.45, 2.75) is 0 Å². The quantitative estimate of drug-likeness (QED) is 0.684. The molecule has 0 saturated carbocycles. The van der Waals surface area contributed by atoms with E-state index in [9.17, 15) is 0 Å². The number of rotatable bonds is 3. The maximum Gasteiger partial charge on any atom is 0.279 e. The summed E-state index contributed by atoms with van der Waals surface area (Å²) in [6.45, 7) is 0. The summed E-state index contributed by atoms with van der Waals surface area (Å²) >= 11 is 4.82. The van der Waals surface area contributed by atoms with Gasteiger partial charge in [-0.15, -0.1) is 0 Å². The smallest absolute Gasteiger partial charge is 0.279 e. The molecule has 0 N–H and O–H groups in total. The molecule has 1 heterocycles. The minimum atomic E-state index is 0.625. The summed E-state index contributed by atoms with van der Waals surface area (Å²) < 4.78 is 11.9. The average molecular weight is 336 g/mol. The van der Waals surface area contributed by atoms with Gasteiger partial charge in [-0.25, -0.2) is 4.98 Å². The maximum absolute atomic E-state index is 5.71. The number of thiazole rings is 1. The number of methoxy groups -OCH3 is 1. The Kier molecular flexibility index (Phi) is 3.40. The molecule has 0 fully saturated rings. The summed E-state index contributed by atoms with van der Waals surface area (Å²) in [5.74, 6) is 1.63. The van der Waals surface area contributed by atoms with E-state index < -0.39 is 0 Å². The van der Waals surface area contributed by atoms with Crippen LogP contribution in [0.1, 0.15) is 0 Å². The molecule has 0 aliphatic carbocycles. The van der Waals surface area contributed by atoms with Crippen molar-refractivity contribution in [3.8, 4) is 16.7 Å². The molecule has 0 amide bonds. The third-order valence-corrected chi connectivity index (χ3v) is 4.03. The Bertz CT molecular complexity index is 726. The van der Waals surface area contributed by atoms with E-state index in [-0.39, 0.29) is 0 Å². The molecule has 3 rings (SSSR count). The molecule has 2 aromatic carbocycles. The number of hydrogen-bond donors (Lipinski definition) is 0. The molecule has 0 spiro atoms. The second-order valence-corrected chi connectivity index (χ2v) is 6.28. The van der Waals surface area contributed by atoms with Crippen LogP contribution in [0.5, 0.6) is 16.7 Å². The van der Waals surface area contributed by atoms with Gasteiger partial charge in [-0.2, -0.15) is 0 Å². The van der Waals surface area contributed by atoms with Crippen molar-refractivity contribution in [1.82, 2.24) is 4.98 Å². The molecular weight excluding hydrogens is 326 g/mol. The Labute approximate surface area is 122 Å². The predicted molar refractivity (Wildman–Crippen MR) is 80.4 cm³/mol. The van der Waals surface area contributed by atoms with E-state index in [0.717, 1.165) is 26.1 Å². The Morgan fingerprint density at radius 1 is 1.05 bits per heavy atom. The predicted octanol–water partition coefficient (Wildman–Crippen LogP) is 4.86. The van der Waals surface area contributed by atoms with E-state index in [1.807, 2.05) is 36.4 Å². The maximum atomic E-state index is 5.71. The topological polar surface area (TPSA) is 31.4 Å². The molecule has 0 atom stereocenters. The zero-order chi connectivity index (χ0) is 13.2. The van der Waals surface area contributed by atoms with E-state index in [1.54, 1.807) is 13.3 Å². The first-order valence-electron chi connectivity index (χ1n) is 5.61. The van der Waals surface area contributed by atoms with Crippen molar-refractivity contribution < 1.29 is 9.47 Å². The SMILES string of the molecule is COc1ccc2cc(Oc3ncc(Br)s3)ccc2c1. The van der Waals surface area contributed by atoms with Crippen LogP contribution in [0, 0.1) is 0 Å². The van der Waals surface area contributed by atoms with Gasteiger partial charge in [0.25, 0.3) is 5.19 Å². The summed E-state index contributed by atoms with van der Waals surface area (Å²) in [5, 5.41) is 2.85. The van der Waals surface area contributed by atoms with Crippen molar-refractivity contribution in [1.29, 1.82) is 0 Å². The molecule has 1 aromatic heterocycles. The second kappa shape index (κ2) is 5.19. The highest BCUT2D eigenvalue weighted by atomic mass is 79.9. The Hall–Kier alpha value is -1.59. The first-order chi connectivity index (χ1) is 9.24. The Morgan fingerprint density at radius 3 is 2.37 bits per heavy atom. The van der Waals surface area contributed by atoms with Gasteiger partial charge >= 0.3 is 0 Å². The zero-order valence-corrected chi connectivity index (χ0v) is 12.5. The molecule has 0 aliphatic heterocycles. The molecule has 19 heavy (non-hydrogen) atoms. The van der Waals surface area contributed by atoms with E-state index in [1.165, 1.54) is 11.3 Å². The normalized spacial score (nSPS) is 10.6. The summed E-state index contributed by atoms with van der Waals surface area (Å²) in [7, 11) is 1.67. The number of halogens is 1. The standard InChI is InChI=1S/C14H10BrNO2S/c1-17-11-4-2-10-7-12(5-3-9(10)6-11)18-14-16-8-13(15)19-14/h2-8H,1H3. The van der Waals surface area contributed by atoms with E-state index in [2.05, 4.69) is 20.9 Å². The highest BCUT2D eigenvalue weighted by molar-refractivity contribution is 9.11.